The molecule has 2 aromatic rings. The van der Waals surface area contributed by atoms with Gasteiger partial charge in [0.25, 0.3) is 0 Å². The van der Waals surface area contributed by atoms with Gasteiger partial charge in [0.15, 0.2) is 0 Å². The van der Waals surface area contributed by atoms with Gasteiger partial charge in [0.05, 0.1) is 28.9 Å². The maximum Gasteiger partial charge on any atom is 0.502 e. The molecule has 25 heavy (non-hydrogen) atoms. The number of nitrogens with zero attached hydrogens (tertiary/aromatic N) is 2. The molecule has 0 amide bonds. The summed E-state index contributed by atoms with van der Waals surface area (Å²) in [5.74, 6) is 0.706. The van der Waals surface area contributed by atoms with E-state index in [0.29, 0.717) is 12.5 Å². The van der Waals surface area contributed by atoms with Gasteiger partial charge in [-0.25, -0.2) is 4.68 Å². The molecule has 0 aliphatic carbocycles. The molecule has 0 atom stereocenters. The standard InChI is InChI=1S/C19H27BN2O3/c1-14(2)22-17(23-13-15-10-8-7-9-11-15)16(12-21-22)20-24-18(3,4)19(5,6)25-20/h7-12,14H,13H2,1-6H3. The van der Waals surface area contributed by atoms with Crippen molar-refractivity contribution < 1.29 is 14.0 Å². The van der Waals surface area contributed by atoms with Crippen LogP contribution in [0.4, 0.5) is 0 Å². The van der Waals surface area contributed by atoms with E-state index in [0.717, 1.165) is 11.0 Å². The summed E-state index contributed by atoms with van der Waals surface area (Å²) in [6, 6.07) is 10.3. The lowest BCUT2D eigenvalue weighted by Crippen LogP contribution is -2.41. The molecule has 0 radical (unpaired) electrons. The third kappa shape index (κ3) is 3.46. The van der Waals surface area contributed by atoms with Gasteiger partial charge < -0.3 is 14.0 Å². The minimum Gasteiger partial charge on any atom is -0.473 e. The quantitative estimate of drug-likeness (QED) is 0.782. The van der Waals surface area contributed by atoms with Gasteiger partial charge in [0.1, 0.15) is 6.61 Å². The second-order valence-electron chi connectivity index (χ2n) is 7.81. The van der Waals surface area contributed by atoms with Crippen LogP contribution in [0.2, 0.25) is 0 Å². The topological polar surface area (TPSA) is 45.5 Å². The van der Waals surface area contributed by atoms with E-state index in [4.69, 9.17) is 14.0 Å². The van der Waals surface area contributed by atoms with E-state index in [1.165, 1.54) is 0 Å². The zero-order chi connectivity index (χ0) is 18.2. The molecule has 1 aliphatic heterocycles. The number of rotatable bonds is 5. The van der Waals surface area contributed by atoms with Crippen LogP contribution in [0.1, 0.15) is 53.1 Å². The third-order valence-electron chi connectivity index (χ3n) is 4.99. The summed E-state index contributed by atoms with van der Waals surface area (Å²) in [6.07, 6.45) is 1.79. The number of aromatic nitrogens is 2. The first kappa shape index (κ1) is 18.0. The van der Waals surface area contributed by atoms with Gasteiger partial charge in [-0.1, -0.05) is 30.3 Å². The molecule has 1 saturated heterocycles. The molecule has 1 aliphatic rings. The SMILES string of the molecule is CC(C)n1ncc(B2OC(C)(C)C(C)(C)O2)c1OCc1ccccc1. The highest BCUT2D eigenvalue weighted by atomic mass is 16.7. The maximum absolute atomic E-state index is 6.18. The molecule has 1 aromatic heterocycles. The zero-order valence-corrected chi connectivity index (χ0v) is 15.9. The molecule has 0 spiro atoms. The van der Waals surface area contributed by atoms with E-state index in [9.17, 15) is 0 Å². The molecule has 0 unspecified atom stereocenters. The molecule has 1 aromatic carbocycles. The van der Waals surface area contributed by atoms with Crippen molar-refractivity contribution in [3.8, 4) is 5.88 Å². The Balaban J connectivity index is 1.88. The van der Waals surface area contributed by atoms with E-state index < -0.39 is 18.3 Å². The Kier molecular flexibility index (Phi) is 4.69. The largest absolute Gasteiger partial charge is 0.502 e. The molecule has 5 nitrogen and oxygen atoms in total. The summed E-state index contributed by atoms with van der Waals surface area (Å²) >= 11 is 0. The van der Waals surface area contributed by atoms with Crippen LogP contribution >= 0.6 is 0 Å². The van der Waals surface area contributed by atoms with Crippen LogP contribution < -0.4 is 10.2 Å². The molecule has 3 rings (SSSR count). The van der Waals surface area contributed by atoms with Crippen LogP contribution in [-0.4, -0.2) is 28.1 Å². The molecule has 0 N–H and O–H groups in total. The molecule has 134 valence electrons. The van der Waals surface area contributed by atoms with Crippen LogP contribution in [0.3, 0.4) is 0 Å². The van der Waals surface area contributed by atoms with Gasteiger partial charge >= 0.3 is 7.12 Å². The number of hydrogen-bond donors (Lipinski definition) is 0. The summed E-state index contributed by atoms with van der Waals surface area (Å²) in [5.41, 5.74) is 1.16. The molecule has 0 bridgehead atoms. The van der Waals surface area contributed by atoms with Crippen LogP contribution in [0.15, 0.2) is 36.5 Å². The average molecular weight is 342 g/mol. The summed E-state index contributed by atoms with van der Waals surface area (Å²) in [7, 11) is -0.483. The average Bonchev–Trinajstić information content (AvgIpc) is 3.05. The van der Waals surface area contributed by atoms with Gasteiger partial charge in [-0.3, -0.25) is 0 Å². The fraction of sp³-hybridized carbons (Fsp3) is 0.526. The second-order valence-corrected chi connectivity index (χ2v) is 7.81. The predicted octanol–water partition coefficient (Wildman–Crippen LogP) is 3.34. The van der Waals surface area contributed by atoms with Gasteiger partial charge in [-0.15, -0.1) is 0 Å². The molecule has 6 heteroatoms. The van der Waals surface area contributed by atoms with E-state index in [1.807, 2.05) is 62.7 Å². The summed E-state index contributed by atoms with van der Waals surface area (Å²) in [6.45, 7) is 12.8. The normalized spacial score (nSPS) is 18.8. The monoisotopic (exact) mass is 342 g/mol. The van der Waals surface area contributed by atoms with Crippen LogP contribution in [-0.2, 0) is 15.9 Å². The number of hydrogen-bond acceptors (Lipinski definition) is 4. The van der Waals surface area contributed by atoms with Crippen LogP contribution in [0.25, 0.3) is 0 Å². The summed E-state index contributed by atoms with van der Waals surface area (Å²) < 4.78 is 20.4. The first-order valence-electron chi connectivity index (χ1n) is 8.81. The minimum atomic E-state index is -0.483. The van der Waals surface area contributed by atoms with Crippen molar-refractivity contribution in [2.75, 3.05) is 0 Å². The first-order chi connectivity index (χ1) is 11.7. The predicted molar refractivity (Wildman–Crippen MR) is 99.1 cm³/mol. The highest BCUT2D eigenvalue weighted by Gasteiger charge is 2.53. The van der Waals surface area contributed by atoms with Gasteiger partial charge in [-0.05, 0) is 47.1 Å². The minimum absolute atomic E-state index is 0.182. The van der Waals surface area contributed by atoms with Crippen molar-refractivity contribution >= 4 is 12.6 Å². The Morgan fingerprint density at radius 3 is 2.24 bits per heavy atom. The van der Waals surface area contributed by atoms with E-state index in [-0.39, 0.29) is 6.04 Å². The van der Waals surface area contributed by atoms with Crippen LogP contribution in [0.5, 0.6) is 5.88 Å². The molecular formula is C19H27BN2O3. The number of benzene rings is 1. The van der Waals surface area contributed by atoms with E-state index in [1.54, 1.807) is 6.20 Å². The van der Waals surface area contributed by atoms with Crippen LogP contribution in [0, 0.1) is 0 Å². The Morgan fingerprint density at radius 2 is 1.68 bits per heavy atom. The number of ether oxygens (including phenoxy) is 1. The fourth-order valence-corrected chi connectivity index (χ4v) is 2.74. The van der Waals surface area contributed by atoms with Gasteiger partial charge in [0, 0.05) is 0 Å². The third-order valence-corrected chi connectivity index (χ3v) is 4.99. The first-order valence-corrected chi connectivity index (χ1v) is 8.81. The second kappa shape index (κ2) is 6.50. The molecule has 1 fully saturated rings. The fourth-order valence-electron chi connectivity index (χ4n) is 2.74. The Morgan fingerprint density at radius 1 is 1.08 bits per heavy atom. The highest BCUT2D eigenvalue weighted by Crippen LogP contribution is 2.37. The highest BCUT2D eigenvalue weighted by molar-refractivity contribution is 6.63. The lowest BCUT2D eigenvalue weighted by Gasteiger charge is -2.32. The smallest absolute Gasteiger partial charge is 0.473 e. The lowest BCUT2D eigenvalue weighted by molar-refractivity contribution is 0.00578. The van der Waals surface area contributed by atoms with Crippen molar-refractivity contribution in [1.29, 1.82) is 0 Å². The Labute approximate surface area is 150 Å². The molecule has 0 saturated carbocycles. The Bertz CT molecular complexity index is 710. The molecule has 2 heterocycles. The van der Waals surface area contributed by atoms with E-state index >= 15 is 0 Å². The van der Waals surface area contributed by atoms with Crippen molar-refractivity contribution in [1.82, 2.24) is 9.78 Å². The Hall–Kier alpha value is -1.79. The lowest BCUT2D eigenvalue weighted by atomic mass is 9.81. The van der Waals surface area contributed by atoms with Crippen molar-refractivity contribution in [3.63, 3.8) is 0 Å². The summed E-state index contributed by atoms with van der Waals surface area (Å²) in [4.78, 5) is 0. The zero-order valence-electron chi connectivity index (χ0n) is 15.9. The maximum atomic E-state index is 6.18. The molecular weight excluding hydrogens is 315 g/mol. The van der Waals surface area contributed by atoms with Crippen molar-refractivity contribution in [2.24, 2.45) is 0 Å². The van der Waals surface area contributed by atoms with E-state index in [2.05, 4.69) is 18.9 Å². The van der Waals surface area contributed by atoms with Gasteiger partial charge in [-0.2, -0.15) is 5.10 Å². The van der Waals surface area contributed by atoms with Gasteiger partial charge in [0.2, 0.25) is 5.88 Å². The summed E-state index contributed by atoms with van der Waals surface area (Å²) in [5, 5.41) is 4.50. The van der Waals surface area contributed by atoms with Crippen molar-refractivity contribution in [3.05, 3.63) is 42.1 Å². The van der Waals surface area contributed by atoms with Crippen molar-refractivity contribution in [2.45, 2.75) is 65.4 Å².